The van der Waals surface area contributed by atoms with Crippen molar-refractivity contribution < 1.29 is 24.5 Å². The van der Waals surface area contributed by atoms with E-state index in [0.29, 0.717) is 56.0 Å². The Morgan fingerprint density at radius 1 is 1.18 bits per heavy atom. The molecule has 2 aromatic carbocycles. The van der Waals surface area contributed by atoms with Gasteiger partial charge in [0, 0.05) is 55.3 Å². The summed E-state index contributed by atoms with van der Waals surface area (Å²) >= 11 is 6.78. The Bertz CT molecular complexity index is 1170. The predicted molar refractivity (Wildman–Crippen MR) is 150 cm³/mol. The summed E-state index contributed by atoms with van der Waals surface area (Å²) in [5.41, 5.74) is 8.07. The molecule has 0 saturated carbocycles. The lowest BCUT2D eigenvalue weighted by atomic mass is 9.72. The van der Waals surface area contributed by atoms with Crippen LogP contribution in [0.15, 0.2) is 42.5 Å². The summed E-state index contributed by atoms with van der Waals surface area (Å²) in [5, 5.41) is 25.9. The molecule has 0 spiro atoms. The van der Waals surface area contributed by atoms with Gasteiger partial charge in [0.15, 0.2) is 0 Å². The molecule has 0 aliphatic carbocycles. The van der Waals surface area contributed by atoms with Gasteiger partial charge in [-0.15, -0.1) is 0 Å². The minimum Gasteiger partial charge on any atom is -0.453 e. The van der Waals surface area contributed by atoms with Crippen molar-refractivity contribution in [1.29, 1.82) is 0 Å². The number of ether oxygens (including phenoxy) is 1. The van der Waals surface area contributed by atoms with E-state index >= 15 is 0 Å². The molecule has 2 fully saturated rings. The van der Waals surface area contributed by atoms with Crippen LogP contribution in [-0.2, 0) is 10.3 Å². The molecule has 2 heterocycles. The average molecular weight is 559 g/mol. The Hall–Kier alpha value is -2.85. The molecule has 5 N–H and O–H groups in total. The molecule has 0 radical (unpaired) electrons. The van der Waals surface area contributed by atoms with Crippen molar-refractivity contribution in [2.24, 2.45) is 11.7 Å². The van der Waals surface area contributed by atoms with E-state index in [4.69, 9.17) is 17.3 Å². The van der Waals surface area contributed by atoms with Gasteiger partial charge < -0.3 is 35.8 Å². The van der Waals surface area contributed by atoms with Crippen LogP contribution < -0.4 is 11.1 Å². The van der Waals surface area contributed by atoms with Crippen molar-refractivity contribution in [3.05, 3.63) is 58.6 Å². The quantitative estimate of drug-likeness (QED) is 0.385. The van der Waals surface area contributed by atoms with E-state index in [2.05, 4.69) is 10.1 Å². The lowest BCUT2D eigenvalue weighted by Gasteiger charge is -2.44. The third-order valence-corrected chi connectivity index (χ3v) is 8.26. The number of benzene rings is 2. The van der Waals surface area contributed by atoms with Gasteiger partial charge in [0.05, 0.1) is 18.8 Å². The van der Waals surface area contributed by atoms with E-state index in [1.165, 1.54) is 7.11 Å². The second kappa shape index (κ2) is 12.6. The maximum atomic E-state index is 13.4. The molecule has 0 aromatic heterocycles. The number of carbonyl (C=O) groups excluding carboxylic acids is 2. The number of alkyl carbamates (subject to hydrolysis) is 1. The largest absolute Gasteiger partial charge is 0.453 e. The monoisotopic (exact) mass is 558 g/mol. The topological polar surface area (TPSA) is 128 Å². The number of nitrogens with zero attached hydrogens (tertiary/aromatic N) is 2. The highest BCUT2D eigenvalue weighted by Gasteiger charge is 2.44. The van der Waals surface area contributed by atoms with E-state index in [0.717, 1.165) is 23.1 Å². The molecule has 39 heavy (non-hydrogen) atoms. The number of amides is 3. The van der Waals surface area contributed by atoms with Crippen molar-refractivity contribution in [3.63, 3.8) is 0 Å². The molecule has 2 aromatic rings. The number of aliphatic hydroxyl groups is 2. The zero-order valence-electron chi connectivity index (χ0n) is 22.6. The number of likely N-dealkylation sites (tertiary alicyclic amines) is 2. The Morgan fingerprint density at radius 2 is 1.95 bits per heavy atom. The fourth-order valence-corrected chi connectivity index (χ4v) is 6.15. The number of hydrogen-bond acceptors (Lipinski definition) is 6. The van der Waals surface area contributed by atoms with Gasteiger partial charge in [-0.05, 0) is 49.8 Å². The SMILES string of the molecule is COC(=O)NCCC[C@@](O)(c1cccc(Cl)c1-c1cccc(C)c1)[C@@H]1CCCN(C(=O)N2C[C@@H](N)[C@@H](O)C2)C1. The van der Waals surface area contributed by atoms with Gasteiger partial charge >= 0.3 is 12.1 Å². The minimum atomic E-state index is -1.33. The maximum Gasteiger partial charge on any atom is 0.406 e. The highest BCUT2D eigenvalue weighted by molar-refractivity contribution is 6.33. The molecule has 4 rings (SSSR count). The summed E-state index contributed by atoms with van der Waals surface area (Å²) in [4.78, 5) is 28.3. The first-order valence-corrected chi connectivity index (χ1v) is 13.9. The highest BCUT2D eigenvalue weighted by Crippen LogP contribution is 2.45. The molecule has 2 saturated heterocycles. The first-order valence-electron chi connectivity index (χ1n) is 13.5. The van der Waals surface area contributed by atoms with Crippen molar-refractivity contribution in [2.45, 2.75) is 50.4 Å². The number of aliphatic hydroxyl groups excluding tert-OH is 1. The third-order valence-electron chi connectivity index (χ3n) is 7.95. The summed E-state index contributed by atoms with van der Waals surface area (Å²) in [6.45, 7) is 3.76. The second-order valence-electron chi connectivity index (χ2n) is 10.7. The van der Waals surface area contributed by atoms with E-state index in [1.807, 2.05) is 49.4 Å². The highest BCUT2D eigenvalue weighted by atomic mass is 35.5. The van der Waals surface area contributed by atoms with Crippen molar-refractivity contribution in [3.8, 4) is 11.1 Å². The predicted octanol–water partition coefficient (Wildman–Crippen LogP) is 3.48. The van der Waals surface area contributed by atoms with Gasteiger partial charge in [-0.2, -0.15) is 0 Å². The third kappa shape index (κ3) is 6.49. The molecular weight excluding hydrogens is 520 g/mol. The fourth-order valence-electron chi connectivity index (χ4n) is 5.87. The summed E-state index contributed by atoms with van der Waals surface area (Å²) in [6, 6.07) is 12.9. The van der Waals surface area contributed by atoms with Crippen LogP contribution in [0.2, 0.25) is 5.02 Å². The molecule has 3 amide bonds. The van der Waals surface area contributed by atoms with Crippen LogP contribution in [0.4, 0.5) is 9.59 Å². The normalized spacial score (nSPS) is 22.9. The number of urea groups is 1. The molecule has 10 heteroatoms. The summed E-state index contributed by atoms with van der Waals surface area (Å²) < 4.78 is 4.69. The van der Waals surface area contributed by atoms with Gasteiger partial charge in [-0.1, -0.05) is 53.6 Å². The minimum absolute atomic E-state index is 0.175. The Balaban J connectivity index is 1.67. The summed E-state index contributed by atoms with van der Waals surface area (Å²) in [6.07, 6.45) is 1.01. The van der Waals surface area contributed by atoms with Gasteiger partial charge in [0.2, 0.25) is 0 Å². The maximum absolute atomic E-state index is 13.4. The van der Waals surface area contributed by atoms with Crippen LogP contribution >= 0.6 is 11.6 Å². The van der Waals surface area contributed by atoms with E-state index in [1.54, 1.807) is 9.80 Å². The van der Waals surface area contributed by atoms with Crippen LogP contribution in [0.25, 0.3) is 11.1 Å². The molecule has 9 nitrogen and oxygen atoms in total. The fraction of sp³-hybridized carbons (Fsp3) is 0.517. The first-order chi connectivity index (χ1) is 18.6. The Kier molecular flexibility index (Phi) is 9.38. The van der Waals surface area contributed by atoms with Crippen LogP contribution in [-0.4, -0.2) is 84.1 Å². The number of rotatable bonds is 7. The van der Waals surface area contributed by atoms with Crippen molar-refractivity contribution in [2.75, 3.05) is 39.8 Å². The molecule has 0 unspecified atom stereocenters. The Morgan fingerprint density at radius 3 is 2.64 bits per heavy atom. The number of halogens is 1. The molecule has 0 bridgehead atoms. The van der Waals surface area contributed by atoms with Gasteiger partial charge in [-0.25, -0.2) is 9.59 Å². The average Bonchev–Trinajstić information content (AvgIpc) is 3.28. The molecule has 2 aliphatic heterocycles. The number of piperidine rings is 1. The van der Waals surface area contributed by atoms with E-state index in [-0.39, 0.29) is 18.5 Å². The number of hydrogen-bond donors (Lipinski definition) is 4. The molecule has 2 aliphatic rings. The van der Waals surface area contributed by atoms with E-state index in [9.17, 15) is 19.8 Å². The lowest BCUT2D eigenvalue weighted by molar-refractivity contribution is -0.0560. The summed E-state index contributed by atoms with van der Waals surface area (Å²) in [7, 11) is 1.31. The number of β-amino-alcohol motifs (C(OH)–C–C–N with tert-alkyl or cyclic N) is 1. The molecule has 4 atom stereocenters. The lowest BCUT2D eigenvalue weighted by Crippen LogP contribution is -2.52. The van der Waals surface area contributed by atoms with Gasteiger partial charge in [0.1, 0.15) is 0 Å². The number of nitrogens with one attached hydrogen (secondary N) is 1. The van der Waals surface area contributed by atoms with Gasteiger partial charge in [0.25, 0.3) is 0 Å². The number of nitrogens with two attached hydrogens (primary N) is 1. The zero-order chi connectivity index (χ0) is 28.2. The van der Waals surface area contributed by atoms with Crippen molar-refractivity contribution in [1.82, 2.24) is 15.1 Å². The van der Waals surface area contributed by atoms with E-state index < -0.39 is 23.8 Å². The van der Waals surface area contributed by atoms with Crippen LogP contribution in [0.1, 0.15) is 36.8 Å². The zero-order valence-corrected chi connectivity index (χ0v) is 23.4. The standard InChI is InChI=1S/C29H39ClN4O5/c1-19-7-3-8-20(15-19)26-22(10-4-11-23(26)30)29(38,12-6-13-32-27(36)39-2)21-9-5-14-33(16-21)28(37)34-17-24(31)25(35)18-34/h3-4,7-8,10-11,15,21,24-25,35,38H,5-6,9,12-14,16-18,31H2,1-2H3,(H,32,36)/t21-,24-,25+,29+/m1/s1. The first kappa shape index (κ1) is 29.1. The van der Waals surface area contributed by atoms with Crippen LogP contribution in [0, 0.1) is 12.8 Å². The van der Waals surface area contributed by atoms with Crippen LogP contribution in [0.5, 0.6) is 0 Å². The second-order valence-corrected chi connectivity index (χ2v) is 11.1. The van der Waals surface area contributed by atoms with Gasteiger partial charge in [-0.3, -0.25) is 0 Å². The van der Waals surface area contributed by atoms with Crippen molar-refractivity contribution >= 4 is 23.7 Å². The smallest absolute Gasteiger partial charge is 0.406 e. The molecular formula is C29H39ClN4O5. The van der Waals surface area contributed by atoms with Crippen LogP contribution in [0.3, 0.4) is 0 Å². The Labute approximate surface area is 234 Å². The number of carbonyl (C=O) groups is 2. The summed E-state index contributed by atoms with van der Waals surface area (Å²) in [5.74, 6) is -0.281. The molecule has 212 valence electrons. The number of methoxy groups -OCH3 is 1. The number of aryl methyl sites for hydroxylation is 1.